The summed E-state index contributed by atoms with van der Waals surface area (Å²) in [5, 5.41) is 6.77. The van der Waals surface area contributed by atoms with Crippen molar-refractivity contribution in [2.75, 3.05) is 7.11 Å². The summed E-state index contributed by atoms with van der Waals surface area (Å²) >= 11 is 0. The number of ether oxygens (including phenoxy) is 1. The van der Waals surface area contributed by atoms with Gasteiger partial charge in [-0.05, 0) is 20.8 Å². The molecule has 1 N–H and O–H groups in total. The van der Waals surface area contributed by atoms with Crippen molar-refractivity contribution in [3.63, 3.8) is 0 Å². The maximum Gasteiger partial charge on any atom is 0.181 e. The highest BCUT2D eigenvalue weighted by atomic mass is 16.5. The Kier molecular flexibility index (Phi) is 1.95. The molecule has 4 heteroatoms. The summed E-state index contributed by atoms with van der Waals surface area (Å²) in [7, 11) is 1.64. The van der Waals surface area contributed by atoms with Gasteiger partial charge in [0.05, 0.1) is 0 Å². The third-order valence-electron chi connectivity index (χ3n) is 1.65. The number of hydrogen-bond acceptors (Lipinski definition) is 3. The number of nitrogens with zero attached hydrogens (tertiary/aromatic N) is 2. The van der Waals surface area contributed by atoms with Gasteiger partial charge in [0.2, 0.25) is 0 Å². The Bertz CT molecular complexity index is 242. The van der Waals surface area contributed by atoms with Gasteiger partial charge in [0, 0.05) is 7.11 Å². The first-order chi connectivity index (χ1) is 5.06. The average molecular weight is 155 g/mol. The second kappa shape index (κ2) is 2.62. The lowest BCUT2D eigenvalue weighted by molar-refractivity contribution is 0.0117. The van der Waals surface area contributed by atoms with Gasteiger partial charge in [-0.15, -0.1) is 0 Å². The summed E-state index contributed by atoms with van der Waals surface area (Å²) in [4.78, 5) is 4.16. The zero-order valence-electron chi connectivity index (χ0n) is 7.30. The molecule has 0 saturated carbocycles. The topological polar surface area (TPSA) is 50.8 Å². The van der Waals surface area contributed by atoms with Crippen LogP contribution < -0.4 is 0 Å². The van der Waals surface area contributed by atoms with E-state index in [1.54, 1.807) is 7.11 Å². The third kappa shape index (κ3) is 1.57. The standard InChI is InChI=1S/C7H13N3O/c1-5-8-6(10-9-5)7(2,3)11-4/h1-4H3,(H,8,9,10). The summed E-state index contributed by atoms with van der Waals surface area (Å²) in [6.45, 7) is 5.72. The molecular weight excluding hydrogens is 142 g/mol. The molecule has 0 radical (unpaired) electrons. The maximum atomic E-state index is 5.19. The van der Waals surface area contributed by atoms with E-state index in [1.807, 2.05) is 20.8 Å². The van der Waals surface area contributed by atoms with E-state index in [2.05, 4.69) is 15.2 Å². The number of aryl methyl sites for hydroxylation is 1. The van der Waals surface area contributed by atoms with Crippen LogP contribution >= 0.6 is 0 Å². The molecule has 1 aromatic rings. The Morgan fingerprint density at radius 1 is 1.45 bits per heavy atom. The predicted molar refractivity (Wildman–Crippen MR) is 41.2 cm³/mol. The molecule has 62 valence electrons. The SMILES string of the molecule is COC(C)(C)c1n[nH]c(C)n1. The fourth-order valence-electron chi connectivity index (χ4n) is 0.703. The largest absolute Gasteiger partial charge is 0.371 e. The number of methoxy groups -OCH3 is 1. The van der Waals surface area contributed by atoms with Crippen molar-refractivity contribution in [3.05, 3.63) is 11.6 Å². The second-order valence-electron chi connectivity index (χ2n) is 2.96. The normalized spacial score (nSPS) is 12.0. The molecule has 0 bridgehead atoms. The van der Waals surface area contributed by atoms with Crippen LogP contribution in [0.3, 0.4) is 0 Å². The molecule has 0 amide bonds. The summed E-state index contributed by atoms with van der Waals surface area (Å²) in [6.07, 6.45) is 0. The zero-order chi connectivity index (χ0) is 8.48. The van der Waals surface area contributed by atoms with Crippen LogP contribution in [0.2, 0.25) is 0 Å². The van der Waals surface area contributed by atoms with Crippen molar-refractivity contribution in [3.8, 4) is 0 Å². The number of aromatic nitrogens is 3. The Morgan fingerprint density at radius 3 is 2.45 bits per heavy atom. The minimum absolute atomic E-state index is 0.398. The lowest BCUT2D eigenvalue weighted by Gasteiger charge is -2.17. The van der Waals surface area contributed by atoms with Crippen molar-refractivity contribution < 1.29 is 4.74 Å². The molecule has 0 aromatic carbocycles. The monoisotopic (exact) mass is 155 g/mol. The lowest BCUT2D eigenvalue weighted by atomic mass is 10.1. The van der Waals surface area contributed by atoms with Gasteiger partial charge in [-0.1, -0.05) is 0 Å². The summed E-state index contributed by atoms with van der Waals surface area (Å²) in [5.74, 6) is 1.50. The van der Waals surface area contributed by atoms with Crippen LogP contribution in [-0.4, -0.2) is 22.3 Å². The minimum atomic E-state index is -0.398. The van der Waals surface area contributed by atoms with Gasteiger partial charge in [-0.25, -0.2) is 4.98 Å². The van der Waals surface area contributed by atoms with Gasteiger partial charge in [-0.2, -0.15) is 5.10 Å². The van der Waals surface area contributed by atoms with E-state index in [-0.39, 0.29) is 0 Å². The lowest BCUT2D eigenvalue weighted by Crippen LogP contribution is -2.21. The van der Waals surface area contributed by atoms with E-state index in [0.717, 1.165) is 5.82 Å². The molecule has 0 aliphatic carbocycles. The Labute approximate surface area is 66.0 Å². The fourth-order valence-corrected chi connectivity index (χ4v) is 0.703. The van der Waals surface area contributed by atoms with Crippen LogP contribution in [0.1, 0.15) is 25.5 Å². The molecule has 0 unspecified atom stereocenters. The maximum absolute atomic E-state index is 5.19. The Balaban J connectivity index is 2.92. The van der Waals surface area contributed by atoms with Gasteiger partial charge < -0.3 is 4.74 Å². The van der Waals surface area contributed by atoms with Crippen LogP contribution in [0.15, 0.2) is 0 Å². The molecule has 4 nitrogen and oxygen atoms in total. The van der Waals surface area contributed by atoms with E-state index in [0.29, 0.717) is 5.82 Å². The molecule has 1 rings (SSSR count). The highest BCUT2D eigenvalue weighted by molar-refractivity contribution is 4.97. The fraction of sp³-hybridized carbons (Fsp3) is 0.714. The first-order valence-corrected chi connectivity index (χ1v) is 3.51. The number of nitrogens with one attached hydrogen (secondary N) is 1. The minimum Gasteiger partial charge on any atom is -0.371 e. The quantitative estimate of drug-likeness (QED) is 0.693. The van der Waals surface area contributed by atoms with Gasteiger partial charge in [0.1, 0.15) is 11.4 Å². The molecule has 0 aliphatic rings. The molecule has 0 saturated heterocycles. The van der Waals surface area contributed by atoms with Crippen LogP contribution in [0.25, 0.3) is 0 Å². The van der Waals surface area contributed by atoms with Crippen LogP contribution in [-0.2, 0) is 10.3 Å². The molecule has 1 heterocycles. The van der Waals surface area contributed by atoms with Crippen LogP contribution in [0.4, 0.5) is 0 Å². The van der Waals surface area contributed by atoms with Crippen molar-refractivity contribution >= 4 is 0 Å². The van der Waals surface area contributed by atoms with E-state index in [9.17, 15) is 0 Å². The van der Waals surface area contributed by atoms with E-state index >= 15 is 0 Å². The van der Waals surface area contributed by atoms with E-state index in [1.165, 1.54) is 0 Å². The zero-order valence-corrected chi connectivity index (χ0v) is 7.30. The highest BCUT2D eigenvalue weighted by Crippen LogP contribution is 2.18. The van der Waals surface area contributed by atoms with Gasteiger partial charge in [0.15, 0.2) is 5.82 Å². The van der Waals surface area contributed by atoms with Gasteiger partial charge in [-0.3, -0.25) is 5.10 Å². The van der Waals surface area contributed by atoms with Crippen molar-refractivity contribution in [2.45, 2.75) is 26.4 Å². The molecule has 11 heavy (non-hydrogen) atoms. The smallest absolute Gasteiger partial charge is 0.181 e. The third-order valence-corrected chi connectivity index (χ3v) is 1.65. The van der Waals surface area contributed by atoms with Crippen molar-refractivity contribution in [1.82, 2.24) is 15.2 Å². The van der Waals surface area contributed by atoms with E-state index in [4.69, 9.17) is 4.74 Å². The highest BCUT2D eigenvalue weighted by Gasteiger charge is 2.23. The summed E-state index contributed by atoms with van der Waals surface area (Å²) in [6, 6.07) is 0. The van der Waals surface area contributed by atoms with E-state index < -0.39 is 5.60 Å². The molecule has 0 atom stereocenters. The Morgan fingerprint density at radius 2 is 2.09 bits per heavy atom. The van der Waals surface area contributed by atoms with Gasteiger partial charge >= 0.3 is 0 Å². The second-order valence-corrected chi connectivity index (χ2v) is 2.96. The summed E-state index contributed by atoms with van der Waals surface area (Å²) in [5.41, 5.74) is -0.398. The molecule has 1 aromatic heterocycles. The molecule has 0 spiro atoms. The number of hydrogen-bond donors (Lipinski definition) is 1. The molecular formula is C7H13N3O. The van der Waals surface area contributed by atoms with Crippen LogP contribution in [0, 0.1) is 6.92 Å². The molecule has 0 aliphatic heterocycles. The molecule has 0 fully saturated rings. The summed E-state index contributed by atoms with van der Waals surface area (Å²) < 4.78 is 5.19. The predicted octanol–water partition coefficient (Wildman–Crippen LogP) is 0.995. The first kappa shape index (κ1) is 8.20. The number of aromatic amines is 1. The average Bonchev–Trinajstić information content (AvgIpc) is 2.36. The first-order valence-electron chi connectivity index (χ1n) is 3.51. The Hall–Kier alpha value is -0.900. The van der Waals surface area contributed by atoms with Crippen LogP contribution in [0.5, 0.6) is 0 Å². The number of rotatable bonds is 2. The van der Waals surface area contributed by atoms with Crippen molar-refractivity contribution in [2.24, 2.45) is 0 Å². The number of H-pyrrole nitrogens is 1. The van der Waals surface area contributed by atoms with Crippen molar-refractivity contribution in [1.29, 1.82) is 0 Å². The van der Waals surface area contributed by atoms with Gasteiger partial charge in [0.25, 0.3) is 0 Å².